The van der Waals surface area contributed by atoms with E-state index in [4.69, 9.17) is 4.43 Å². The molecule has 3 heteroatoms. The van der Waals surface area contributed by atoms with Gasteiger partial charge in [-0.1, -0.05) is 41.5 Å². The Hall–Kier alpha value is 0.514. The summed E-state index contributed by atoms with van der Waals surface area (Å²) in [5.74, 6) is 0. The average Bonchev–Trinajstić information content (AvgIpc) is 2.10. The van der Waals surface area contributed by atoms with Crippen molar-refractivity contribution in [2.75, 3.05) is 6.61 Å². The van der Waals surface area contributed by atoms with Crippen LogP contribution in [0.3, 0.4) is 0 Å². The Morgan fingerprint density at radius 3 is 1.62 bits per heavy atom. The fourth-order valence-electron chi connectivity index (χ4n) is 2.77. The molecule has 90 valence electrons. The van der Waals surface area contributed by atoms with Crippen LogP contribution >= 0.6 is 0 Å². The molecule has 0 fully saturated rings. The van der Waals surface area contributed by atoms with E-state index in [1.165, 1.54) is 0 Å². The smallest absolute Gasteiger partial charge is 0.502 e. The monoisotopic (exact) mass is 234 g/mol. The van der Waals surface area contributed by atoms with Crippen LogP contribution in [0.4, 0.5) is 0 Å². The molecule has 0 amide bonds. The molecule has 0 N–H and O–H groups in total. The summed E-state index contributed by atoms with van der Waals surface area (Å²) < 4.78 is 6.28. The molecule has 0 saturated carbocycles. The fraction of sp³-hybridized carbons (Fsp3) is 0.846. The summed E-state index contributed by atoms with van der Waals surface area (Å²) in [6, 6.07) is 0. The normalized spacial score (nSPS) is 12.9. The van der Waals surface area contributed by atoms with E-state index in [-0.39, 0.29) is 18.9 Å². The molecule has 0 aliphatic heterocycles. The van der Waals surface area contributed by atoms with Gasteiger partial charge in [-0.3, -0.25) is 0 Å². The molecule has 0 aliphatic rings. The minimum absolute atomic E-state index is 0. The first-order chi connectivity index (χ1) is 6.89. The van der Waals surface area contributed by atoms with Gasteiger partial charge in [0.05, 0.1) is 0 Å². The van der Waals surface area contributed by atoms with Crippen LogP contribution in [0.1, 0.15) is 48.5 Å². The summed E-state index contributed by atoms with van der Waals surface area (Å²) in [6.45, 7) is 16.5. The van der Waals surface area contributed by atoms with E-state index < -0.39 is 8.32 Å². The molecule has 0 aromatic rings. The third-order valence-corrected chi connectivity index (χ3v) is 9.41. The molecule has 0 aromatic heterocycles. The van der Waals surface area contributed by atoms with Crippen molar-refractivity contribution in [3.05, 3.63) is 12.2 Å². The van der Waals surface area contributed by atoms with Gasteiger partial charge in [0.1, 0.15) is 0 Å². The Morgan fingerprint density at radius 1 is 1.00 bits per heavy atom. The summed E-state index contributed by atoms with van der Waals surface area (Å²) in [4.78, 5) is 0. The Morgan fingerprint density at radius 2 is 1.38 bits per heavy atom. The Kier molecular flexibility index (Phi) is 10.1. The minimum atomic E-state index is -1.64. The predicted molar refractivity (Wildman–Crippen MR) is 70.5 cm³/mol. The van der Waals surface area contributed by atoms with Crippen molar-refractivity contribution >= 4 is 8.32 Å². The van der Waals surface area contributed by atoms with E-state index in [1.807, 2.05) is 13.0 Å². The second-order valence-corrected chi connectivity index (χ2v) is 10.6. The zero-order valence-corrected chi connectivity index (χ0v) is 13.4. The van der Waals surface area contributed by atoms with Crippen LogP contribution in [0, 0.1) is 6.08 Å². The molecule has 0 aromatic carbocycles. The van der Waals surface area contributed by atoms with Gasteiger partial charge in [-0.25, -0.2) is 6.08 Å². The molecule has 0 atom stereocenters. The molecule has 0 radical (unpaired) electrons. The van der Waals surface area contributed by atoms with Crippen molar-refractivity contribution in [3.8, 4) is 0 Å². The molecule has 0 heterocycles. The van der Waals surface area contributed by atoms with Crippen LogP contribution in [0.2, 0.25) is 16.6 Å². The van der Waals surface area contributed by atoms with Crippen LogP contribution in [-0.2, 0) is 4.43 Å². The predicted octanol–water partition coefficient (Wildman–Crippen LogP) is 1.56. The maximum Gasteiger partial charge on any atom is 1.00 e. The van der Waals surface area contributed by atoms with Crippen molar-refractivity contribution in [2.24, 2.45) is 0 Å². The third kappa shape index (κ3) is 4.41. The van der Waals surface area contributed by atoms with Crippen LogP contribution in [-0.4, -0.2) is 14.9 Å². The molecule has 0 saturated heterocycles. The van der Waals surface area contributed by atoms with Gasteiger partial charge in [-0.05, 0) is 16.6 Å². The minimum Gasteiger partial charge on any atom is -0.502 e. The molecular formula is C13H27LiOSi. The fourth-order valence-corrected chi connectivity index (χ4v) is 8.14. The van der Waals surface area contributed by atoms with Gasteiger partial charge >= 0.3 is 18.9 Å². The first-order valence-electron chi connectivity index (χ1n) is 6.02. The second kappa shape index (κ2) is 8.58. The molecule has 0 unspecified atom stereocenters. The van der Waals surface area contributed by atoms with E-state index in [2.05, 4.69) is 47.6 Å². The van der Waals surface area contributed by atoms with Crippen LogP contribution < -0.4 is 18.9 Å². The standard InChI is InChI=1S/C13H27OSi.Li/c1-8-9-10-14-15(11(2)3,12(4)5)13(6)7;/h9,11-13H,10H2,1-7H3;/q-1;+1. The molecule has 16 heavy (non-hydrogen) atoms. The van der Waals surface area contributed by atoms with E-state index in [9.17, 15) is 0 Å². The number of rotatable bonds is 6. The maximum absolute atomic E-state index is 6.28. The van der Waals surface area contributed by atoms with Crippen molar-refractivity contribution < 1.29 is 23.3 Å². The Balaban J connectivity index is 0. The second-order valence-electron chi connectivity index (χ2n) is 5.12. The zero-order chi connectivity index (χ0) is 12.1. The van der Waals surface area contributed by atoms with Crippen LogP contribution in [0.25, 0.3) is 0 Å². The topological polar surface area (TPSA) is 9.23 Å². The van der Waals surface area contributed by atoms with Crippen molar-refractivity contribution in [2.45, 2.75) is 65.1 Å². The summed E-state index contributed by atoms with van der Waals surface area (Å²) in [5, 5.41) is 0. The van der Waals surface area contributed by atoms with E-state index >= 15 is 0 Å². The van der Waals surface area contributed by atoms with Crippen molar-refractivity contribution in [3.63, 3.8) is 0 Å². The number of hydrogen-bond acceptors (Lipinski definition) is 1. The molecular weight excluding hydrogens is 207 g/mol. The summed E-state index contributed by atoms with van der Waals surface area (Å²) in [6.07, 6.45) is 5.02. The average molecular weight is 234 g/mol. The van der Waals surface area contributed by atoms with Gasteiger partial charge in [-0.15, -0.1) is 0 Å². The molecule has 0 aliphatic carbocycles. The van der Waals surface area contributed by atoms with Crippen molar-refractivity contribution in [1.82, 2.24) is 0 Å². The summed E-state index contributed by atoms with van der Waals surface area (Å²) in [5.41, 5.74) is 2.01. The third-order valence-electron chi connectivity index (χ3n) is 3.33. The first kappa shape index (κ1) is 18.9. The van der Waals surface area contributed by atoms with E-state index in [0.29, 0.717) is 16.6 Å². The molecule has 0 rings (SSSR count). The Labute approximate surface area is 115 Å². The van der Waals surface area contributed by atoms with E-state index in [0.717, 1.165) is 6.61 Å². The molecule has 1 nitrogen and oxygen atoms in total. The summed E-state index contributed by atoms with van der Waals surface area (Å²) in [7, 11) is -1.64. The maximum atomic E-state index is 6.28. The van der Waals surface area contributed by atoms with Gasteiger partial charge in [0.2, 0.25) is 8.32 Å². The summed E-state index contributed by atoms with van der Waals surface area (Å²) >= 11 is 0. The Bertz CT molecular complexity index is 178. The van der Waals surface area contributed by atoms with Gasteiger partial charge in [0.25, 0.3) is 0 Å². The van der Waals surface area contributed by atoms with Gasteiger partial charge in [0.15, 0.2) is 0 Å². The molecule has 0 spiro atoms. The van der Waals surface area contributed by atoms with Crippen LogP contribution in [0.5, 0.6) is 0 Å². The SMILES string of the molecule is C[C-]=CCO[Si](C(C)C)(C(C)C)C(C)C.[Li+]. The van der Waals surface area contributed by atoms with Crippen molar-refractivity contribution in [1.29, 1.82) is 0 Å². The van der Waals surface area contributed by atoms with Gasteiger partial charge in [-0.2, -0.15) is 6.92 Å². The van der Waals surface area contributed by atoms with E-state index in [1.54, 1.807) is 0 Å². The van der Waals surface area contributed by atoms with Gasteiger partial charge in [0, 0.05) is 6.61 Å². The largest absolute Gasteiger partial charge is 1.00 e. The number of hydrogen-bond donors (Lipinski definition) is 0. The first-order valence-corrected chi connectivity index (χ1v) is 8.16. The quantitative estimate of drug-likeness (QED) is 0.501. The van der Waals surface area contributed by atoms with Gasteiger partial charge < -0.3 is 10.5 Å². The molecule has 0 bridgehead atoms. The number of allylic oxidation sites excluding steroid dienone is 1. The zero-order valence-electron chi connectivity index (χ0n) is 12.4. The van der Waals surface area contributed by atoms with Crippen LogP contribution in [0.15, 0.2) is 6.08 Å².